The summed E-state index contributed by atoms with van der Waals surface area (Å²) in [4.78, 5) is 32.0. The lowest BCUT2D eigenvalue weighted by atomic mass is 9.89. The molecule has 0 saturated carbocycles. The summed E-state index contributed by atoms with van der Waals surface area (Å²) >= 11 is 0. The number of hydrogen-bond acceptors (Lipinski definition) is 8. The van der Waals surface area contributed by atoms with Crippen molar-refractivity contribution in [2.24, 2.45) is 0 Å². The highest BCUT2D eigenvalue weighted by Gasteiger charge is 2.22. The molecule has 2 aromatic carbocycles. The third kappa shape index (κ3) is 8.18. The van der Waals surface area contributed by atoms with E-state index in [2.05, 4.69) is 20.5 Å². The molecule has 1 aliphatic rings. The summed E-state index contributed by atoms with van der Waals surface area (Å²) in [5, 5.41) is 16.0. The summed E-state index contributed by atoms with van der Waals surface area (Å²) < 4.78 is 19.1. The van der Waals surface area contributed by atoms with Crippen molar-refractivity contribution in [3.8, 4) is 17.2 Å². The third-order valence-corrected chi connectivity index (χ3v) is 7.83. The van der Waals surface area contributed by atoms with Gasteiger partial charge in [0.15, 0.2) is 11.5 Å². The largest absolute Gasteiger partial charge is 0.487 e. The first-order chi connectivity index (χ1) is 21.8. The van der Waals surface area contributed by atoms with Crippen LogP contribution >= 0.6 is 0 Å². The number of benzene rings is 2. The Kier molecular flexibility index (Phi) is 10.7. The van der Waals surface area contributed by atoms with Gasteiger partial charge < -0.3 is 34.9 Å². The molecule has 0 aliphatic carbocycles. The molecule has 0 unspecified atom stereocenters. The minimum absolute atomic E-state index is 0.266. The lowest BCUT2D eigenvalue weighted by molar-refractivity contribution is 0.102. The number of piperidine rings is 1. The summed E-state index contributed by atoms with van der Waals surface area (Å²) in [7, 11) is 1.58. The van der Waals surface area contributed by atoms with Gasteiger partial charge in [0.2, 0.25) is 0 Å². The number of pyridine rings is 1. The minimum atomic E-state index is -0.317. The van der Waals surface area contributed by atoms with Crippen molar-refractivity contribution in [3.63, 3.8) is 0 Å². The van der Waals surface area contributed by atoms with E-state index in [9.17, 15) is 14.7 Å². The van der Waals surface area contributed by atoms with E-state index in [-0.39, 0.29) is 18.0 Å². The first kappa shape index (κ1) is 32.0. The van der Waals surface area contributed by atoms with E-state index in [0.717, 1.165) is 31.3 Å². The highest BCUT2D eigenvalue weighted by Crippen LogP contribution is 2.37. The lowest BCUT2D eigenvalue weighted by Gasteiger charge is -2.32. The number of anilines is 1. The molecule has 3 N–H and O–H groups in total. The van der Waals surface area contributed by atoms with Crippen LogP contribution in [0, 0.1) is 0 Å². The molecule has 0 spiro atoms. The van der Waals surface area contributed by atoms with E-state index in [1.54, 1.807) is 37.6 Å². The van der Waals surface area contributed by atoms with E-state index in [0.29, 0.717) is 66.4 Å². The Balaban J connectivity index is 1.26. The van der Waals surface area contributed by atoms with Gasteiger partial charge in [-0.05, 0) is 81.6 Å². The predicted molar refractivity (Wildman–Crippen MR) is 173 cm³/mol. The van der Waals surface area contributed by atoms with Crippen LogP contribution < -0.4 is 20.1 Å². The molecule has 1 saturated heterocycles. The van der Waals surface area contributed by atoms with Gasteiger partial charge in [-0.2, -0.15) is 0 Å². The number of carbonyl (C=O) groups excluding carboxylic acids is 2. The van der Waals surface area contributed by atoms with Crippen LogP contribution in [-0.4, -0.2) is 84.1 Å². The Bertz CT molecular complexity index is 1590. The van der Waals surface area contributed by atoms with Crippen molar-refractivity contribution < 1.29 is 28.9 Å². The summed E-state index contributed by atoms with van der Waals surface area (Å²) in [5.41, 5.74) is 2.43. The molecule has 0 radical (unpaired) electrons. The number of carbonyl (C=O) groups is 2. The van der Waals surface area contributed by atoms with Crippen LogP contribution in [0.15, 0.2) is 67.0 Å². The Morgan fingerprint density at radius 2 is 1.82 bits per heavy atom. The van der Waals surface area contributed by atoms with Gasteiger partial charge in [0, 0.05) is 55.7 Å². The maximum atomic E-state index is 13.1. The molecule has 4 aromatic rings. The number of ether oxygens (including phenoxy) is 3. The van der Waals surface area contributed by atoms with E-state index < -0.39 is 0 Å². The average molecular weight is 616 g/mol. The van der Waals surface area contributed by atoms with Gasteiger partial charge in [0.1, 0.15) is 18.2 Å². The van der Waals surface area contributed by atoms with Gasteiger partial charge in [0.25, 0.3) is 5.91 Å². The number of β-amino-alcohol motifs (C(OH)–C–C–N with tert-alkyl or cyclic N) is 1. The number of nitrogens with zero attached hydrogens (tertiary/aromatic N) is 3. The quantitative estimate of drug-likeness (QED) is 0.185. The number of hydrogen-bond donors (Lipinski definition) is 3. The standard InChI is InChI=1S/C34H41N5O6/c1-4-43-17-18-44-30-21-29-27(12-16-39(29)34(42)35-3)19-31(30)45-28-9-13-36-32(20-28)37-33(41)26-7-5-24(6-8-26)25-10-14-38(15-11-25)22-23(2)40/h5-9,12-13,16,19-21,23,25,40H,4,10-11,14-15,17-18,22H2,1-3H3,(H,35,42)(H,36,37,41)/t23-/m0/s1. The van der Waals surface area contributed by atoms with Crippen LogP contribution in [0.3, 0.4) is 0 Å². The van der Waals surface area contributed by atoms with E-state index in [1.165, 1.54) is 10.1 Å². The summed E-state index contributed by atoms with van der Waals surface area (Å²) in [6.45, 7) is 7.64. The second-order valence-corrected chi connectivity index (χ2v) is 11.1. The maximum absolute atomic E-state index is 13.1. The van der Waals surface area contributed by atoms with Crippen molar-refractivity contribution in [2.75, 3.05) is 51.8 Å². The summed E-state index contributed by atoms with van der Waals surface area (Å²) in [6, 6.07) is 16.2. The highest BCUT2D eigenvalue weighted by atomic mass is 16.5. The first-order valence-electron chi connectivity index (χ1n) is 15.4. The second kappa shape index (κ2) is 15.0. The molecule has 1 atom stereocenters. The molecule has 1 aliphatic heterocycles. The number of nitrogens with one attached hydrogen (secondary N) is 2. The number of aromatic nitrogens is 2. The maximum Gasteiger partial charge on any atom is 0.325 e. The SMILES string of the molecule is CCOCCOc1cc2c(ccn2C(=O)NC)cc1Oc1ccnc(NC(=O)c2ccc(C3CCN(C[C@H](C)O)CC3)cc2)c1. The zero-order valence-corrected chi connectivity index (χ0v) is 26.0. The van der Waals surface area contributed by atoms with Crippen LogP contribution in [0.2, 0.25) is 0 Å². The van der Waals surface area contributed by atoms with Gasteiger partial charge >= 0.3 is 6.03 Å². The van der Waals surface area contributed by atoms with Gasteiger partial charge in [-0.25, -0.2) is 9.78 Å². The third-order valence-electron chi connectivity index (χ3n) is 7.83. The molecule has 2 amide bonds. The highest BCUT2D eigenvalue weighted by molar-refractivity contribution is 6.03. The smallest absolute Gasteiger partial charge is 0.325 e. The molecular formula is C34H41N5O6. The Hall–Kier alpha value is -4.45. The predicted octanol–water partition coefficient (Wildman–Crippen LogP) is 5.24. The van der Waals surface area contributed by atoms with Crippen molar-refractivity contribution in [3.05, 3.63) is 78.1 Å². The van der Waals surface area contributed by atoms with Gasteiger partial charge in [-0.15, -0.1) is 0 Å². The van der Waals surface area contributed by atoms with Crippen molar-refractivity contribution >= 4 is 28.7 Å². The lowest BCUT2D eigenvalue weighted by Crippen LogP contribution is -2.37. The number of fused-ring (bicyclic) bond motifs is 1. The number of aliphatic hydroxyl groups excluding tert-OH is 1. The average Bonchev–Trinajstić information content (AvgIpc) is 3.45. The van der Waals surface area contributed by atoms with Gasteiger partial charge in [-0.1, -0.05) is 12.1 Å². The Labute approximate surface area is 263 Å². The minimum Gasteiger partial charge on any atom is -0.487 e. The Morgan fingerprint density at radius 3 is 2.53 bits per heavy atom. The fourth-order valence-corrected chi connectivity index (χ4v) is 5.57. The van der Waals surface area contributed by atoms with Crippen LogP contribution in [0.25, 0.3) is 10.9 Å². The zero-order valence-electron chi connectivity index (χ0n) is 26.0. The molecule has 11 heteroatoms. The van der Waals surface area contributed by atoms with Crippen LogP contribution in [-0.2, 0) is 4.74 Å². The van der Waals surface area contributed by atoms with E-state index in [4.69, 9.17) is 14.2 Å². The fourth-order valence-electron chi connectivity index (χ4n) is 5.57. The molecular weight excluding hydrogens is 574 g/mol. The van der Waals surface area contributed by atoms with Crippen LogP contribution in [0.4, 0.5) is 10.6 Å². The molecule has 3 heterocycles. The topological polar surface area (TPSA) is 127 Å². The van der Waals surface area contributed by atoms with Crippen molar-refractivity contribution in [2.45, 2.75) is 38.7 Å². The monoisotopic (exact) mass is 615 g/mol. The van der Waals surface area contributed by atoms with E-state index >= 15 is 0 Å². The first-order valence-corrected chi connectivity index (χ1v) is 15.4. The molecule has 45 heavy (non-hydrogen) atoms. The summed E-state index contributed by atoms with van der Waals surface area (Å²) in [6.07, 6.45) is 4.99. The second-order valence-electron chi connectivity index (χ2n) is 11.1. The number of likely N-dealkylation sites (tertiary alicyclic amines) is 1. The van der Waals surface area contributed by atoms with E-state index in [1.807, 2.05) is 50.2 Å². The molecule has 0 bridgehead atoms. The van der Waals surface area contributed by atoms with Crippen molar-refractivity contribution in [1.29, 1.82) is 0 Å². The van der Waals surface area contributed by atoms with Gasteiger partial charge in [-0.3, -0.25) is 9.36 Å². The molecule has 2 aromatic heterocycles. The number of amides is 2. The Morgan fingerprint density at radius 1 is 1.04 bits per heavy atom. The zero-order chi connectivity index (χ0) is 31.8. The molecule has 1 fully saturated rings. The normalized spacial score (nSPS) is 14.7. The molecule has 238 valence electrons. The number of rotatable bonds is 12. The molecule has 11 nitrogen and oxygen atoms in total. The van der Waals surface area contributed by atoms with Crippen LogP contribution in [0.5, 0.6) is 17.2 Å². The number of aliphatic hydroxyl groups is 1. The summed E-state index contributed by atoms with van der Waals surface area (Å²) in [5.74, 6) is 1.87. The molecule has 5 rings (SSSR count). The van der Waals surface area contributed by atoms with Crippen molar-refractivity contribution in [1.82, 2.24) is 19.8 Å². The fraction of sp³-hybridized carbons (Fsp3) is 0.382. The van der Waals surface area contributed by atoms with Gasteiger partial charge in [0.05, 0.1) is 18.2 Å². The van der Waals surface area contributed by atoms with Crippen LogP contribution in [0.1, 0.15) is 48.5 Å².